The first-order valence-corrected chi connectivity index (χ1v) is 8.32. The summed E-state index contributed by atoms with van der Waals surface area (Å²) in [6.45, 7) is 5.68. The van der Waals surface area contributed by atoms with Crippen LogP contribution in [0.4, 0.5) is 4.79 Å². The second-order valence-corrected chi connectivity index (χ2v) is 6.33. The molecule has 3 rings (SSSR count). The molecule has 1 atom stereocenters. The van der Waals surface area contributed by atoms with Crippen LogP contribution in [0.25, 0.3) is 0 Å². The van der Waals surface area contributed by atoms with E-state index in [0.717, 1.165) is 12.0 Å². The third kappa shape index (κ3) is 3.43. The zero-order valence-corrected chi connectivity index (χ0v) is 14.0. The van der Waals surface area contributed by atoms with Gasteiger partial charge in [-0.1, -0.05) is 30.3 Å². The smallest absolute Gasteiger partial charge is 0.319 e. The molecular weight excluding hydrogens is 306 g/mol. The van der Waals surface area contributed by atoms with Gasteiger partial charge in [0.2, 0.25) is 0 Å². The molecule has 2 aliphatic heterocycles. The number of benzene rings is 1. The zero-order valence-electron chi connectivity index (χ0n) is 14.0. The van der Waals surface area contributed by atoms with E-state index >= 15 is 0 Å². The van der Waals surface area contributed by atoms with Gasteiger partial charge < -0.3 is 20.3 Å². The van der Waals surface area contributed by atoms with Gasteiger partial charge in [0, 0.05) is 13.2 Å². The first-order chi connectivity index (χ1) is 11.6. The van der Waals surface area contributed by atoms with Gasteiger partial charge in [0.1, 0.15) is 0 Å². The summed E-state index contributed by atoms with van der Waals surface area (Å²) in [7, 11) is 0. The Morgan fingerprint density at radius 1 is 1.25 bits per heavy atom. The Morgan fingerprint density at radius 3 is 2.71 bits per heavy atom. The number of hydrogen-bond donors (Lipinski definition) is 2. The molecule has 24 heavy (non-hydrogen) atoms. The van der Waals surface area contributed by atoms with E-state index in [0.29, 0.717) is 31.0 Å². The lowest BCUT2D eigenvalue weighted by Crippen LogP contribution is -2.44. The molecule has 0 radical (unpaired) electrons. The van der Waals surface area contributed by atoms with Crippen molar-refractivity contribution in [3.8, 4) is 0 Å². The van der Waals surface area contributed by atoms with Crippen molar-refractivity contribution in [2.75, 3.05) is 19.7 Å². The van der Waals surface area contributed by atoms with E-state index in [-0.39, 0.29) is 24.1 Å². The Bertz CT molecular complexity index is 655. The molecule has 0 aliphatic carbocycles. The molecule has 0 unspecified atom stereocenters. The number of nitrogens with one attached hydrogen (secondary N) is 2. The normalized spacial score (nSPS) is 20.3. The first-order valence-electron chi connectivity index (χ1n) is 8.32. The molecule has 2 aliphatic rings. The number of carbonyl (C=O) groups excluding carboxylic acids is 2. The maximum absolute atomic E-state index is 12.8. The molecule has 0 spiro atoms. The predicted octanol–water partition coefficient (Wildman–Crippen LogP) is 1.95. The molecule has 0 saturated carbocycles. The largest absolute Gasteiger partial charge is 0.379 e. The average Bonchev–Trinajstić information content (AvgIpc) is 2.87. The topological polar surface area (TPSA) is 70.7 Å². The van der Waals surface area contributed by atoms with E-state index in [1.54, 1.807) is 4.90 Å². The molecule has 2 N–H and O–H groups in total. The fourth-order valence-corrected chi connectivity index (χ4v) is 3.08. The second kappa shape index (κ2) is 7.05. The number of hydrogen-bond acceptors (Lipinski definition) is 3. The van der Waals surface area contributed by atoms with Crippen LogP contribution in [-0.4, -0.2) is 42.6 Å². The number of rotatable bonds is 6. The van der Waals surface area contributed by atoms with Gasteiger partial charge in [0.05, 0.1) is 30.0 Å². The van der Waals surface area contributed by atoms with Crippen LogP contribution in [0.1, 0.15) is 31.9 Å². The maximum atomic E-state index is 12.8. The molecule has 0 bridgehead atoms. The minimum Gasteiger partial charge on any atom is -0.379 e. The highest BCUT2D eigenvalue weighted by Gasteiger charge is 2.39. The molecule has 0 saturated heterocycles. The van der Waals surface area contributed by atoms with Crippen molar-refractivity contribution in [3.05, 3.63) is 47.2 Å². The molecule has 1 aromatic rings. The van der Waals surface area contributed by atoms with E-state index in [9.17, 15) is 9.59 Å². The van der Waals surface area contributed by atoms with Crippen LogP contribution >= 0.6 is 0 Å². The molecule has 128 valence electrons. The highest BCUT2D eigenvalue weighted by Crippen LogP contribution is 2.32. The van der Waals surface area contributed by atoms with Crippen molar-refractivity contribution in [3.63, 3.8) is 0 Å². The minimum absolute atomic E-state index is 0.0177. The highest BCUT2D eigenvalue weighted by atomic mass is 16.5. The monoisotopic (exact) mass is 329 g/mol. The van der Waals surface area contributed by atoms with Gasteiger partial charge in [-0.05, 0) is 25.8 Å². The molecule has 2 heterocycles. The summed E-state index contributed by atoms with van der Waals surface area (Å²) in [5, 5.41) is 5.64. The van der Waals surface area contributed by atoms with Gasteiger partial charge in [-0.25, -0.2) is 4.79 Å². The number of urea groups is 1. The molecule has 3 amide bonds. The summed E-state index contributed by atoms with van der Waals surface area (Å²) in [6, 6.07) is 8.92. The Hall–Kier alpha value is -2.34. The van der Waals surface area contributed by atoms with Crippen molar-refractivity contribution in [1.82, 2.24) is 15.5 Å². The Labute approximate surface area is 141 Å². The van der Waals surface area contributed by atoms with Crippen LogP contribution in [-0.2, 0) is 9.53 Å². The summed E-state index contributed by atoms with van der Waals surface area (Å²) >= 11 is 0. The number of nitrogens with zero attached hydrogens (tertiary/aromatic N) is 1. The summed E-state index contributed by atoms with van der Waals surface area (Å²) in [6.07, 6.45) is 0.971. The van der Waals surface area contributed by atoms with Crippen LogP contribution in [0.3, 0.4) is 0 Å². The van der Waals surface area contributed by atoms with Crippen molar-refractivity contribution < 1.29 is 14.3 Å². The Balaban J connectivity index is 1.71. The van der Waals surface area contributed by atoms with Crippen LogP contribution in [0.5, 0.6) is 0 Å². The summed E-state index contributed by atoms with van der Waals surface area (Å²) in [5.41, 5.74) is 2.27. The van der Waals surface area contributed by atoms with Gasteiger partial charge in [-0.3, -0.25) is 4.79 Å². The Morgan fingerprint density at radius 2 is 2.00 bits per heavy atom. The maximum Gasteiger partial charge on any atom is 0.319 e. The molecule has 6 nitrogen and oxygen atoms in total. The van der Waals surface area contributed by atoms with E-state index in [1.165, 1.54) is 0 Å². The first kappa shape index (κ1) is 16.5. The molecule has 1 aromatic carbocycles. The average molecular weight is 329 g/mol. The zero-order chi connectivity index (χ0) is 17.1. The molecular formula is C18H23N3O3. The quantitative estimate of drug-likeness (QED) is 0.784. The fourth-order valence-electron chi connectivity index (χ4n) is 3.08. The standard InChI is InChI=1S/C18H23N3O3/c1-12(2)24-10-6-9-21-11-14-15(17(21)22)16(20-18(23)19-14)13-7-4-3-5-8-13/h3-5,7-8,12,16H,6,9-11H2,1-2H3,(H2,19,20,23)/t16-/m1/s1. The molecule has 6 heteroatoms. The number of amides is 3. The van der Waals surface area contributed by atoms with E-state index in [2.05, 4.69) is 10.6 Å². The number of carbonyl (C=O) groups is 2. The van der Waals surface area contributed by atoms with Gasteiger partial charge in [-0.2, -0.15) is 0 Å². The van der Waals surface area contributed by atoms with E-state index in [4.69, 9.17) is 4.74 Å². The minimum atomic E-state index is -0.389. The van der Waals surface area contributed by atoms with Gasteiger partial charge in [0.15, 0.2) is 0 Å². The van der Waals surface area contributed by atoms with Gasteiger partial charge in [0.25, 0.3) is 5.91 Å². The van der Waals surface area contributed by atoms with Crippen LogP contribution in [0.15, 0.2) is 41.6 Å². The van der Waals surface area contributed by atoms with Crippen molar-refractivity contribution in [2.24, 2.45) is 0 Å². The molecule has 0 aromatic heterocycles. The fraction of sp³-hybridized carbons (Fsp3) is 0.444. The van der Waals surface area contributed by atoms with E-state index < -0.39 is 0 Å². The highest BCUT2D eigenvalue weighted by molar-refractivity contribution is 6.01. The lowest BCUT2D eigenvalue weighted by molar-refractivity contribution is -0.126. The Kier molecular flexibility index (Phi) is 4.85. The van der Waals surface area contributed by atoms with E-state index in [1.807, 2.05) is 44.2 Å². The van der Waals surface area contributed by atoms with Crippen molar-refractivity contribution in [1.29, 1.82) is 0 Å². The van der Waals surface area contributed by atoms with Gasteiger partial charge in [-0.15, -0.1) is 0 Å². The third-order valence-electron chi connectivity index (χ3n) is 4.18. The summed E-state index contributed by atoms with van der Waals surface area (Å²) in [5.74, 6) is -0.0177. The SMILES string of the molecule is CC(C)OCCCN1CC2=C(C1=O)[C@@H](c1ccccc1)NC(=O)N2. The molecule has 0 fully saturated rings. The lowest BCUT2D eigenvalue weighted by atomic mass is 9.96. The predicted molar refractivity (Wildman–Crippen MR) is 90.2 cm³/mol. The van der Waals surface area contributed by atoms with Crippen molar-refractivity contribution in [2.45, 2.75) is 32.4 Å². The van der Waals surface area contributed by atoms with Crippen LogP contribution in [0.2, 0.25) is 0 Å². The lowest BCUT2D eigenvalue weighted by Gasteiger charge is -2.25. The number of ether oxygens (including phenoxy) is 1. The third-order valence-corrected chi connectivity index (χ3v) is 4.18. The summed E-state index contributed by atoms with van der Waals surface area (Å²) in [4.78, 5) is 26.5. The van der Waals surface area contributed by atoms with Crippen LogP contribution < -0.4 is 10.6 Å². The van der Waals surface area contributed by atoms with Crippen LogP contribution in [0, 0.1) is 0 Å². The van der Waals surface area contributed by atoms with Crippen molar-refractivity contribution >= 4 is 11.9 Å². The van der Waals surface area contributed by atoms with Gasteiger partial charge >= 0.3 is 6.03 Å². The second-order valence-electron chi connectivity index (χ2n) is 6.33. The summed E-state index contributed by atoms with van der Waals surface area (Å²) < 4.78 is 5.53.